The Hall–Kier alpha value is -3.00. The van der Waals surface area contributed by atoms with Gasteiger partial charge in [0.25, 0.3) is 5.88 Å². The molecular formula is C17H15FN4O2S. The largest absolute Gasteiger partial charge is 0.418 e. The SMILES string of the molecule is Cc1ccc(F)c(NC(=O)Oc2nc(C)sc2Nc2cccnc2)c1. The summed E-state index contributed by atoms with van der Waals surface area (Å²) in [5, 5.41) is 6.76. The molecule has 2 N–H and O–H groups in total. The number of anilines is 3. The van der Waals surface area contributed by atoms with Gasteiger partial charge in [0.05, 0.1) is 22.6 Å². The number of carbonyl (C=O) groups is 1. The fourth-order valence-electron chi connectivity index (χ4n) is 2.08. The first-order chi connectivity index (χ1) is 12.0. The van der Waals surface area contributed by atoms with Crippen LogP contribution in [0.1, 0.15) is 10.6 Å². The molecule has 1 amide bonds. The second-order valence-electron chi connectivity index (χ2n) is 5.23. The van der Waals surface area contributed by atoms with Crippen molar-refractivity contribution >= 4 is 33.8 Å². The number of rotatable bonds is 4. The Labute approximate surface area is 147 Å². The van der Waals surface area contributed by atoms with Gasteiger partial charge in [-0.1, -0.05) is 17.4 Å². The van der Waals surface area contributed by atoms with Crippen LogP contribution in [0.4, 0.5) is 25.6 Å². The van der Waals surface area contributed by atoms with Gasteiger partial charge < -0.3 is 10.1 Å². The van der Waals surface area contributed by atoms with E-state index in [2.05, 4.69) is 20.6 Å². The first-order valence-corrected chi connectivity index (χ1v) is 8.22. The van der Waals surface area contributed by atoms with Crippen molar-refractivity contribution in [2.45, 2.75) is 13.8 Å². The van der Waals surface area contributed by atoms with Gasteiger partial charge in [-0.15, -0.1) is 0 Å². The number of thiazole rings is 1. The Bertz CT molecular complexity index is 899. The van der Waals surface area contributed by atoms with Crippen LogP contribution < -0.4 is 15.4 Å². The van der Waals surface area contributed by atoms with Crippen molar-refractivity contribution in [2.75, 3.05) is 10.6 Å². The van der Waals surface area contributed by atoms with Crippen LogP contribution in [0.3, 0.4) is 0 Å². The molecule has 0 saturated carbocycles. The molecule has 3 aromatic rings. The van der Waals surface area contributed by atoms with E-state index in [4.69, 9.17) is 4.74 Å². The summed E-state index contributed by atoms with van der Waals surface area (Å²) in [5.74, 6) is -0.414. The second kappa shape index (κ2) is 7.27. The number of pyridine rings is 1. The zero-order valence-corrected chi connectivity index (χ0v) is 14.4. The lowest BCUT2D eigenvalue weighted by atomic mass is 10.2. The standard InChI is InChI=1S/C17H15FN4O2S/c1-10-5-6-13(18)14(8-10)22-17(23)24-15-16(25-11(2)20-15)21-12-4-3-7-19-9-12/h3-9,21H,1-2H3,(H,22,23). The molecule has 3 rings (SSSR count). The van der Waals surface area contributed by atoms with Crippen molar-refractivity contribution in [1.82, 2.24) is 9.97 Å². The predicted octanol–water partition coefficient (Wildman–Crippen LogP) is 4.65. The molecule has 128 valence electrons. The molecule has 25 heavy (non-hydrogen) atoms. The van der Waals surface area contributed by atoms with Crippen LogP contribution in [0.2, 0.25) is 0 Å². The Balaban J connectivity index is 1.74. The third-order valence-electron chi connectivity index (χ3n) is 3.17. The van der Waals surface area contributed by atoms with Crippen LogP contribution in [-0.2, 0) is 0 Å². The van der Waals surface area contributed by atoms with Crippen molar-refractivity contribution < 1.29 is 13.9 Å². The summed E-state index contributed by atoms with van der Waals surface area (Å²) in [5.41, 5.74) is 1.61. The lowest BCUT2D eigenvalue weighted by Gasteiger charge is -2.08. The summed E-state index contributed by atoms with van der Waals surface area (Å²) < 4.78 is 19.0. The first-order valence-electron chi connectivity index (χ1n) is 7.41. The smallest absolute Gasteiger partial charge is 0.388 e. The summed E-state index contributed by atoms with van der Waals surface area (Å²) in [4.78, 5) is 20.3. The number of carbonyl (C=O) groups excluding carboxylic acids is 1. The molecule has 0 unspecified atom stereocenters. The van der Waals surface area contributed by atoms with Gasteiger partial charge in [0.1, 0.15) is 5.82 Å². The number of nitrogens with zero attached hydrogens (tertiary/aromatic N) is 2. The van der Waals surface area contributed by atoms with Gasteiger partial charge in [-0.3, -0.25) is 10.3 Å². The Morgan fingerprint density at radius 2 is 2.12 bits per heavy atom. The van der Waals surface area contributed by atoms with Crippen LogP contribution in [0.5, 0.6) is 5.88 Å². The van der Waals surface area contributed by atoms with E-state index >= 15 is 0 Å². The number of hydrogen-bond donors (Lipinski definition) is 2. The minimum Gasteiger partial charge on any atom is -0.388 e. The molecule has 0 atom stereocenters. The molecule has 6 nitrogen and oxygen atoms in total. The molecular weight excluding hydrogens is 343 g/mol. The monoisotopic (exact) mass is 358 g/mol. The number of amides is 1. The summed E-state index contributed by atoms with van der Waals surface area (Å²) >= 11 is 1.33. The summed E-state index contributed by atoms with van der Waals surface area (Å²) in [6.07, 6.45) is 2.48. The number of benzene rings is 1. The van der Waals surface area contributed by atoms with Gasteiger partial charge in [0.2, 0.25) is 0 Å². The van der Waals surface area contributed by atoms with E-state index in [9.17, 15) is 9.18 Å². The Morgan fingerprint density at radius 1 is 1.28 bits per heavy atom. The van der Waals surface area contributed by atoms with Gasteiger partial charge in [-0.2, -0.15) is 0 Å². The molecule has 2 aromatic heterocycles. The zero-order valence-electron chi connectivity index (χ0n) is 13.5. The van der Waals surface area contributed by atoms with Crippen LogP contribution in [-0.4, -0.2) is 16.1 Å². The maximum absolute atomic E-state index is 13.7. The van der Waals surface area contributed by atoms with Gasteiger partial charge in [-0.25, -0.2) is 14.2 Å². The van der Waals surface area contributed by atoms with E-state index in [1.807, 2.05) is 6.07 Å². The number of hydrogen-bond acceptors (Lipinski definition) is 6. The lowest BCUT2D eigenvalue weighted by Crippen LogP contribution is -2.18. The quantitative estimate of drug-likeness (QED) is 0.710. The van der Waals surface area contributed by atoms with Crippen LogP contribution in [0, 0.1) is 19.7 Å². The molecule has 0 bridgehead atoms. The van der Waals surface area contributed by atoms with Crippen molar-refractivity contribution in [3.63, 3.8) is 0 Å². The Kier molecular flexibility index (Phi) is 4.90. The fraction of sp³-hybridized carbons (Fsp3) is 0.118. The van der Waals surface area contributed by atoms with Crippen molar-refractivity contribution in [1.29, 1.82) is 0 Å². The molecule has 0 aliphatic heterocycles. The van der Waals surface area contributed by atoms with Gasteiger partial charge >= 0.3 is 6.09 Å². The van der Waals surface area contributed by atoms with E-state index in [-0.39, 0.29) is 11.6 Å². The van der Waals surface area contributed by atoms with Crippen LogP contribution in [0.15, 0.2) is 42.7 Å². The van der Waals surface area contributed by atoms with E-state index in [0.29, 0.717) is 5.00 Å². The average molecular weight is 358 g/mol. The third kappa shape index (κ3) is 4.30. The topological polar surface area (TPSA) is 76.1 Å². The highest BCUT2D eigenvalue weighted by Gasteiger charge is 2.16. The highest BCUT2D eigenvalue weighted by atomic mass is 32.1. The molecule has 1 aromatic carbocycles. The van der Waals surface area contributed by atoms with Gasteiger partial charge in [0, 0.05) is 6.20 Å². The molecule has 2 heterocycles. The second-order valence-corrected chi connectivity index (χ2v) is 6.43. The van der Waals surface area contributed by atoms with E-state index in [1.165, 1.54) is 23.5 Å². The first kappa shape index (κ1) is 16.8. The van der Waals surface area contributed by atoms with Gasteiger partial charge in [0.15, 0.2) is 5.00 Å². The third-order valence-corrected chi connectivity index (χ3v) is 4.04. The van der Waals surface area contributed by atoms with Crippen LogP contribution >= 0.6 is 11.3 Å². The number of halogens is 1. The normalized spacial score (nSPS) is 10.4. The number of nitrogens with one attached hydrogen (secondary N) is 2. The average Bonchev–Trinajstić information content (AvgIpc) is 2.91. The van der Waals surface area contributed by atoms with Crippen molar-refractivity contribution in [3.05, 3.63) is 59.1 Å². The highest BCUT2D eigenvalue weighted by Crippen LogP contribution is 2.33. The molecule has 0 saturated heterocycles. The Morgan fingerprint density at radius 3 is 2.88 bits per heavy atom. The zero-order chi connectivity index (χ0) is 17.8. The summed E-state index contributed by atoms with van der Waals surface area (Å²) in [7, 11) is 0. The number of ether oxygens (including phenoxy) is 1. The maximum Gasteiger partial charge on any atom is 0.418 e. The molecule has 0 fully saturated rings. The molecule has 0 spiro atoms. The van der Waals surface area contributed by atoms with Crippen molar-refractivity contribution in [2.24, 2.45) is 0 Å². The molecule has 0 aliphatic carbocycles. The minimum atomic E-state index is -0.816. The molecule has 8 heteroatoms. The number of aromatic nitrogens is 2. The fourth-order valence-corrected chi connectivity index (χ4v) is 2.85. The van der Waals surface area contributed by atoms with E-state index < -0.39 is 11.9 Å². The van der Waals surface area contributed by atoms with Crippen molar-refractivity contribution in [3.8, 4) is 5.88 Å². The van der Waals surface area contributed by atoms with E-state index in [1.54, 1.807) is 38.4 Å². The summed E-state index contributed by atoms with van der Waals surface area (Å²) in [6.45, 7) is 3.60. The number of aryl methyl sites for hydroxylation is 2. The predicted molar refractivity (Wildman–Crippen MR) is 95.2 cm³/mol. The van der Waals surface area contributed by atoms with E-state index in [0.717, 1.165) is 16.3 Å². The minimum absolute atomic E-state index is 0.0544. The molecule has 0 radical (unpaired) electrons. The van der Waals surface area contributed by atoms with Gasteiger partial charge in [-0.05, 0) is 43.7 Å². The maximum atomic E-state index is 13.7. The summed E-state index contributed by atoms with van der Waals surface area (Å²) in [6, 6.07) is 8.04. The molecule has 0 aliphatic rings. The lowest BCUT2D eigenvalue weighted by molar-refractivity contribution is 0.213. The van der Waals surface area contributed by atoms with Crippen LogP contribution in [0.25, 0.3) is 0 Å². The highest BCUT2D eigenvalue weighted by molar-refractivity contribution is 7.16.